The third-order valence-electron chi connectivity index (χ3n) is 6.61. The van der Waals surface area contributed by atoms with Gasteiger partial charge in [0.15, 0.2) is 0 Å². The van der Waals surface area contributed by atoms with Crippen LogP contribution in [0.5, 0.6) is 0 Å². The van der Waals surface area contributed by atoms with Gasteiger partial charge in [-0.15, -0.1) is 0 Å². The van der Waals surface area contributed by atoms with E-state index >= 15 is 0 Å². The van der Waals surface area contributed by atoms with Crippen molar-refractivity contribution in [2.24, 2.45) is 0 Å². The standard InChI is InChI=1S/C27H60NO2Si.ClH/c1-6-10-11-12-13-14-15-16-17-18-19-20-21-22-23-24-26-28(5,25-7-2)27-31(29-8-3)30-9-4;/h31H,6-27H2,1-5H3;1H/q+1;/p-1. The lowest BCUT2D eigenvalue weighted by Gasteiger charge is -2.36. The molecule has 1 unspecified atom stereocenters. The number of hydrogen-bond acceptors (Lipinski definition) is 2. The summed E-state index contributed by atoms with van der Waals surface area (Å²) in [5.74, 6) is 0. The molecule has 0 aliphatic rings. The van der Waals surface area contributed by atoms with Crippen molar-refractivity contribution < 1.29 is 25.7 Å². The quantitative estimate of drug-likeness (QED) is 0.102. The predicted molar refractivity (Wildman–Crippen MR) is 141 cm³/mol. The maximum atomic E-state index is 5.96. The Balaban J connectivity index is 0. The molecule has 0 spiro atoms. The van der Waals surface area contributed by atoms with Gasteiger partial charge in [0.1, 0.15) is 6.17 Å². The van der Waals surface area contributed by atoms with E-state index in [1.54, 1.807) is 0 Å². The lowest BCUT2D eigenvalue weighted by atomic mass is 10.0. The fourth-order valence-electron chi connectivity index (χ4n) is 4.76. The van der Waals surface area contributed by atoms with Crippen molar-refractivity contribution in [3.63, 3.8) is 0 Å². The van der Waals surface area contributed by atoms with Crippen molar-refractivity contribution in [2.45, 2.75) is 137 Å². The van der Waals surface area contributed by atoms with Crippen LogP contribution in [0.2, 0.25) is 0 Å². The lowest BCUT2D eigenvalue weighted by Crippen LogP contribution is -3.00. The molecule has 32 heavy (non-hydrogen) atoms. The normalized spacial score (nSPS) is 13.3. The summed E-state index contributed by atoms with van der Waals surface area (Å²) in [6.07, 6.45) is 25.4. The van der Waals surface area contributed by atoms with Crippen molar-refractivity contribution >= 4 is 9.28 Å². The molecule has 0 amide bonds. The molecule has 0 saturated carbocycles. The van der Waals surface area contributed by atoms with E-state index in [0.29, 0.717) is 0 Å². The average molecular weight is 494 g/mol. The maximum Gasteiger partial charge on any atom is 0.380 e. The zero-order valence-electron chi connectivity index (χ0n) is 22.8. The average Bonchev–Trinajstić information content (AvgIpc) is 2.74. The molecule has 3 nitrogen and oxygen atoms in total. The van der Waals surface area contributed by atoms with Crippen molar-refractivity contribution in [3.8, 4) is 0 Å². The second kappa shape index (κ2) is 26.0. The van der Waals surface area contributed by atoms with Crippen molar-refractivity contribution in [1.29, 1.82) is 0 Å². The summed E-state index contributed by atoms with van der Waals surface area (Å²) in [5.41, 5.74) is 0. The molecule has 0 bridgehead atoms. The van der Waals surface area contributed by atoms with Gasteiger partial charge in [0.2, 0.25) is 0 Å². The number of quaternary nitrogens is 1. The number of hydrogen-bond donors (Lipinski definition) is 0. The second-order valence-electron chi connectivity index (χ2n) is 9.89. The zero-order chi connectivity index (χ0) is 23.0. The molecular formula is C27H60ClNO2Si. The van der Waals surface area contributed by atoms with Crippen LogP contribution in [0.4, 0.5) is 0 Å². The highest BCUT2D eigenvalue weighted by Gasteiger charge is 2.28. The number of halogens is 1. The molecule has 5 heteroatoms. The highest BCUT2D eigenvalue weighted by atomic mass is 35.5. The van der Waals surface area contributed by atoms with Gasteiger partial charge in [0.05, 0.1) is 20.1 Å². The Morgan fingerprint density at radius 3 is 1.22 bits per heavy atom. The Labute approximate surface area is 211 Å². The predicted octanol–water partition coefficient (Wildman–Crippen LogP) is 4.94. The van der Waals surface area contributed by atoms with Crippen LogP contribution < -0.4 is 12.4 Å². The fourth-order valence-corrected chi connectivity index (χ4v) is 6.90. The molecule has 0 heterocycles. The highest BCUT2D eigenvalue weighted by Crippen LogP contribution is 2.15. The number of rotatable bonds is 25. The molecule has 1 atom stereocenters. The van der Waals surface area contributed by atoms with Gasteiger partial charge in [-0.3, -0.25) is 0 Å². The first kappa shape index (κ1) is 34.6. The van der Waals surface area contributed by atoms with Crippen molar-refractivity contribution in [2.75, 3.05) is 39.5 Å². The molecule has 0 aromatic heterocycles. The van der Waals surface area contributed by atoms with E-state index in [2.05, 4.69) is 34.7 Å². The zero-order valence-corrected chi connectivity index (χ0v) is 24.7. The van der Waals surface area contributed by atoms with Crippen LogP contribution in [-0.4, -0.2) is 53.3 Å². The summed E-state index contributed by atoms with van der Waals surface area (Å²) in [5, 5.41) is 0. The molecule has 196 valence electrons. The first-order valence-corrected chi connectivity index (χ1v) is 15.9. The Morgan fingerprint density at radius 2 is 0.875 bits per heavy atom. The molecule has 0 radical (unpaired) electrons. The molecule has 0 aromatic rings. The summed E-state index contributed by atoms with van der Waals surface area (Å²) < 4.78 is 13.1. The van der Waals surface area contributed by atoms with Crippen LogP contribution in [0.3, 0.4) is 0 Å². The monoisotopic (exact) mass is 493 g/mol. The van der Waals surface area contributed by atoms with Gasteiger partial charge in [0, 0.05) is 13.2 Å². The van der Waals surface area contributed by atoms with Crippen LogP contribution in [0, 0.1) is 0 Å². The van der Waals surface area contributed by atoms with E-state index in [4.69, 9.17) is 8.85 Å². The van der Waals surface area contributed by atoms with E-state index in [9.17, 15) is 0 Å². The van der Waals surface area contributed by atoms with Crippen LogP contribution in [0.1, 0.15) is 137 Å². The largest absolute Gasteiger partial charge is 1.00 e. The molecule has 0 aliphatic heterocycles. The van der Waals surface area contributed by atoms with Gasteiger partial charge < -0.3 is 25.7 Å². The Bertz CT molecular complexity index is 357. The maximum absolute atomic E-state index is 5.96. The number of unbranched alkanes of at least 4 members (excludes halogenated alkanes) is 15. The SMILES string of the molecule is CCCCCCCCCCCCCCCCCC[N+](C)(CCC)C[SiH](OCC)OCC.[Cl-]. The van der Waals surface area contributed by atoms with Crippen molar-refractivity contribution in [1.82, 2.24) is 0 Å². The third-order valence-corrected chi connectivity index (χ3v) is 9.20. The van der Waals surface area contributed by atoms with Gasteiger partial charge in [0.25, 0.3) is 0 Å². The fraction of sp³-hybridized carbons (Fsp3) is 1.00. The van der Waals surface area contributed by atoms with Crippen LogP contribution >= 0.6 is 0 Å². The summed E-state index contributed by atoms with van der Waals surface area (Å²) in [6.45, 7) is 12.9. The van der Waals surface area contributed by atoms with Crippen LogP contribution in [-0.2, 0) is 8.85 Å². The van der Waals surface area contributed by atoms with E-state index in [1.165, 1.54) is 122 Å². The molecule has 0 fully saturated rings. The van der Waals surface area contributed by atoms with Gasteiger partial charge in [-0.25, -0.2) is 0 Å². The summed E-state index contributed by atoms with van der Waals surface area (Å²) in [6, 6.07) is 0. The lowest BCUT2D eigenvalue weighted by molar-refractivity contribution is -0.901. The first-order valence-electron chi connectivity index (χ1n) is 14.2. The van der Waals surface area contributed by atoms with E-state index in [1.807, 2.05) is 0 Å². The highest BCUT2D eigenvalue weighted by molar-refractivity contribution is 6.44. The summed E-state index contributed by atoms with van der Waals surface area (Å²) >= 11 is 0. The van der Waals surface area contributed by atoms with Crippen LogP contribution in [0.15, 0.2) is 0 Å². The minimum atomic E-state index is -1.51. The van der Waals surface area contributed by atoms with Crippen LogP contribution in [0.25, 0.3) is 0 Å². The summed E-state index contributed by atoms with van der Waals surface area (Å²) in [4.78, 5) is 0. The number of nitrogens with zero attached hydrogens (tertiary/aromatic N) is 1. The first-order chi connectivity index (χ1) is 15.1. The second-order valence-corrected chi connectivity index (χ2v) is 11.8. The Morgan fingerprint density at radius 1 is 0.500 bits per heavy atom. The Kier molecular flexibility index (Phi) is 28.1. The molecule has 0 N–H and O–H groups in total. The van der Waals surface area contributed by atoms with Crippen molar-refractivity contribution in [3.05, 3.63) is 0 Å². The van der Waals surface area contributed by atoms with Gasteiger partial charge >= 0.3 is 9.28 Å². The minimum Gasteiger partial charge on any atom is -1.00 e. The summed E-state index contributed by atoms with van der Waals surface area (Å²) in [7, 11) is 0.909. The van der Waals surface area contributed by atoms with Gasteiger partial charge in [-0.2, -0.15) is 0 Å². The molecule has 0 saturated heterocycles. The van der Waals surface area contributed by atoms with E-state index in [0.717, 1.165) is 23.9 Å². The topological polar surface area (TPSA) is 18.5 Å². The van der Waals surface area contributed by atoms with Gasteiger partial charge in [-0.1, -0.05) is 104 Å². The Hall–Kier alpha value is 0.387. The van der Waals surface area contributed by atoms with E-state index in [-0.39, 0.29) is 12.4 Å². The smallest absolute Gasteiger partial charge is 0.380 e. The molecule has 0 rings (SSSR count). The minimum absolute atomic E-state index is 0. The molecular weight excluding hydrogens is 434 g/mol. The van der Waals surface area contributed by atoms with Gasteiger partial charge in [-0.05, 0) is 33.1 Å². The molecule has 0 aliphatic carbocycles. The van der Waals surface area contributed by atoms with E-state index < -0.39 is 9.28 Å². The molecule has 0 aromatic carbocycles. The third kappa shape index (κ3) is 22.2.